The van der Waals surface area contributed by atoms with Crippen molar-refractivity contribution >= 4 is 11.3 Å². The zero-order chi connectivity index (χ0) is 28.3. The van der Waals surface area contributed by atoms with Crippen molar-refractivity contribution in [2.24, 2.45) is 0 Å². The van der Waals surface area contributed by atoms with Crippen LogP contribution in [0.5, 0.6) is 0 Å². The summed E-state index contributed by atoms with van der Waals surface area (Å²) in [6, 6.07) is 32.0. The first-order valence-electron chi connectivity index (χ1n) is 15.3. The summed E-state index contributed by atoms with van der Waals surface area (Å²) in [5.41, 5.74) is 17.8. The lowest BCUT2D eigenvalue weighted by atomic mass is 9.86. The Hall–Kier alpha value is -4.10. The molecule has 0 saturated carbocycles. The predicted octanol–water partition coefficient (Wildman–Crippen LogP) is 10.8. The monoisotopic (exact) mass is 535 g/mol. The van der Waals surface area contributed by atoms with Crippen molar-refractivity contribution < 1.29 is 0 Å². The van der Waals surface area contributed by atoms with E-state index in [9.17, 15) is 0 Å². The molecule has 41 heavy (non-hydrogen) atoms. The van der Waals surface area contributed by atoms with Crippen LogP contribution in [0.4, 0.5) is 0 Å². The smallest absolute Gasteiger partial charge is 0.0485 e. The molecule has 1 atom stereocenters. The lowest BCUT2D eigenvalue weighted by Gasteiger charge is -2.19. The molecule has 2 aliphatic rings. The van der Waals surface area contributed by atoms with Crippen molar-refractivity contribution in [3.63, 3.8) is 0 Å². The highest BCUT2D eigenvalue weighted by Gasteiger charge is 2.21. The summed E-state index contributed by atoms with van der Waals surface area (Å²) < 4.78 is 0. The van der Waals surface area contributed by atoms with Crippen molar-refractivity contribution in [1.29, 1.82) is 0 Å². The van der Waals surface area contributed by atoms with Crippen molar-refractivity contribution in [2.75, 3.05) is 0 Å². The van der Waals surface area contributed by atoms with E-state index in [1.165, 1.54) is 92.6 Å². The number of allylic oxidation sites excluding steroid dienone is 5. The van der Waals surface area contributed by atoms with Gasteiger partial charge in [0.2, 0.25) is 0 Å². The van der Waals surface area contributed by atoms with Gasteiger partial charge in [-0.2, -0.15) is 0 Å². The summed E-state index contributed by atoms with van der Waals surface area (Å²) in [5, 5.41) is 3.74. The molecule has 0 fully saturated rings. The number of hydrogen-bond donors (Lipinski definition) is 1. The van der Waals surface area contributed by atoms with Gasteiger partial charge >= 0.3 is 0 Å². The van der Waals surface area contributed by atoms with E-state index in [1.54, 1.807) is 5.57 Å². The Morgan fingerprint density at radius 3 is 2.41 bits per heavy atom. The van der Waals surface area contributed by atoms with E-state index in [2.05, 4.69) is 136 Å². The Morgan fingerprint density at radius 2 is 1.63 bits per heavy atom. The maximum Gasteiger partial charge on any atom is 0.0485 e. The molecule has 6 rings (SSSR count). The largest absolute Gasteiger partial charge is 0.378 e. The lowest BCUT2D eigenvalue weighted by Crippen LogP contribution is -2.17. The first-order valence-corrected chi connectivity index (χ1v) is 15.3. The third-order valence-electron chi connectivity index (χ3n) is 8.85. The van der Waals surface area contributed by atoms with Crippen molar-refractivity contribution in [3.05, 3.63) is 142 Å². The van der Waals surface area contributed by atoms with Gasteiger partial charge < -0.3 is 5.32 Å². The fraction of sp³-hybridized carbons (Fsp3) is 0.250. The van der Waals surface area contributed by atoms with Crippen molar-refractivity contribution in [1.82, 2.24) is 5.32 Å². The molecule has 1 unspecified atom stereocenters. The van der Waals surface area contributed by atoms with Gasteiger partial charge in [-0.15, -0.1) is 0 Å². The normalized spacial score (nSPS) is 15.1. The summed E-state index contributed by atoms with van der Waals surface area (Å²) in [7, 11) is 0. The minimum atomic E-state index is 0.220. The highest BCUT2D eigenvalue weighted by atomic mass is 14.9. The standard InChI is InChI=1S/C40H41N/c1-5-12-29-13-10-11-16-36(29)38-25-32(18-17-27(38)3)33-19-20-34-24-35-23-31(21-22-37(35)39(34)26-33)28(4)41-40(6-2)30-14-8-7-9-15-30/h6-9,11,14-23,25-26,28,41H,5,10,12-13,24H2,1-4H3. The van der Waals surface area contributed by atoms with Crippen LogP contribution in [0, 0.1) is 6.92 Å². The second-order valence-electron chi connectivity index (χ2n) is 11.6. The molecular formula is C40H41N. The molecule has 0 aromatic heterocycles. The second kappa shape index (κ2) is 11.8. The molecule has 4 aromatic rings. The van der Waals surface area contributed by atoms with Gasteiger partial charge in [-0.05, 0) is 120 Å². The van der Waals surface area contributed by atoms with E-state index in [4.69, 9.17) is 0 Å². The topological polar surface area (TPSA) is 12.0 Å². The molecule has 206 valence electrons. The Labute approximate surface area is 246 Å². The van der Waals surface area contributed by atoms with Crippen LogP contribution in [-0.2, 0) is 6.42 Å². The number of fused-ring (bicyclic) bond motifs is 3. The van der Waals surface area contributed by atoms with Gasteiger partial charge in [0, 0.05) is 11.7 Å². The number of rotatable bonds is 8. The molecule has 0 saturated heterocycles. The van der Waals surface area contributed by atoms with E-state index in [0.717, 1.165) is 6.42 Å². The second-order valence-corrected chi connectivity index (χ2v) is 11.6. The highest BCUT2D eigenvalue weighted by Crippen LogP contribution is 2.41. The van der Waals surface area contributed by atoms with E-state index in [0.29, 0.717) is 0 Å². The molecular weight excluding hydrogens is 494 g/mol. The van der Waals surface area contributed by atoms with E-state index < -0.39 is 0 Å². The van der Waals surface area contributed by atoms with Crippen molar-refractivity contribution in [3.8, 4) is 22.3 Å². The van der Waals surface area contributed by atoms with Gasteiger partial charge in [0.25, 0.3) is 0 Å². The number of aryl methyl sites for hydroxylation is 1. The average Bonchev–Trinajstić information content (AvgIpc) is 3.38. The summed E-state index contributed by atoms with van der Waals surface area (Å²) in [6.07, 6.45) is 12.6. The highest BCUT2D eigenvalue weighted by molar-refractivity contribution is 5.85. The Kier molecular flexibility index (Phi) is 7.79. The molecule has 0 bridgehead atoms. The van der Waals surface area contributed by atoms with Crippen LogP contribution in [0.3, 0.4) is 0 Å². The first-order chi connectivity index (χ1) is 20.1. The number of hydrogen-bond acceptors (Lipinski definition) is 1. The average molecular weight is 536 g/mol. The van der Waals surface area contributed by atoms with E-state index >= 15 is 0 Å². The van der Waals surface area contributed by atoms with Crippen LogP contribution >= 0.6 is 0 Å². The molecule has 1 heteroatoms. The van der Waals surface area contributed by atoms with E-state index in [-0.39, 0.29) is 6.04 Å². The minimum Gasteiger partial charge on any atom is -0.378 e. The fourth-order valence-electron chi connectivity index (χ4n) is 6.57. The van der Waals surface area contributed by atoms with Gasteiger partial charge in [0.1, 0.15) is 0 Å². The summed E-state index contributed by atoms with van der Waals surface area (Å²) >= 11 is 0. The van der Waals surface area contributed by atoms with Gasteiger partial charge in [0.15, 0.2) is 0 Å². The minimum absolute atomic E-state index is 0.220. The van der Waals surface area contributed by atoms with E-state index in [1.807, 2.05) is 0 Å². The Morgan fingerprint density at radius 1 is 0.854 bits per heavy atom. The van der Waals surface area contributed by atoms with Crippen LogP contribution in [0.25, 0.3) is 33.5 Å². The zero-order valence-corrected chi connectivity index (χ0v) is 24.9. The molecule has 0 aliphatic heterocycles. The number of benzene rings is 4. The molecule has 4 aromatic carbocycles. The molecule has 2 aliphatic carbocycles. The maximum absolute atomic E-state index is 3.74. The fourth-order valence-corrected chi connectivity index (χ4v) is 6.57. The molecule has 1 N–H and O–H groups in total. The quantitative estimate of drug-likeness (QED) is 0.208. The van der Waals surface area contributed by atoms with Crippen LogP contribution in [0.2, 0.25) is 0 Å². The molecule has 1 nitrogen and oxygen atoms in total. The zero-order valence-electron chi connectivity index (χ0n) is 24.9. The van der Waals surface area contributed by atoms with Crippen LogP contribution in [0.15, 0.2) is 109 Å². The maximum atomic E-state index is 3.74. The van der Waals surface area contributed by atoms with Crippen LogP contribution in [-0.4, -0.2) is 0 Å². The Bertz CT molecular complexity index is 1660. The molecule has 0 heterocycles. The SMILES string of the molecule is CC=C(NC(C)c1ccc2c(c1)Cc1ccc(-c3ccc(C)c(C4=C(CCC)CCC=C4)c3)cc1-2)c1ccccc1. The third kappa shape index (κ3) is 5.46. The van der Waals surface area contributed by atoms with Crippen LogP contribution in [0.1, 0.15) is 85.9 Å². The van der Waals surface area contributed by atoms with Gasteiger partial charge in [-0.25, -0.2) is 0 Å². The van der Waals surface area contributed by atoms with Crippen LogP contribution < -0.4 is 5.32 Å². The number of nitrogens with one attached hydrogen (secondary N) is 1. The molecule has 0 radical (unpaired) electrons. The first kappa shape index (κ1) is 27.1. The Balaban J connectivity index is 1.28. The lowest BCUT2D eigenvalue weighted by molar-refractivity contribution is 0.699. The van der Waals surface area contributed by atoms with Gasteiger partial charge in [0.05, 0.1) is 0 Å². The molecule has 0 amide bonds. The predicted molar refractivity (Wildman–Crippen MR) is 177 cm³/mol. The van der Waals surface area contributed by atoms with Gasteiger partial charge in [-0.3, -0.25) is 0 Å². The molecule has 0 spiro atoms. The summed E-state index contributed by atoms with van der Waals surface area (Å²) in [6.45, 7) is 8.90. The van der Waals surface area contributed by atoms with Gasteiger partial charge in [-0.1, -0.05) is 110 Å². The van der Waals surface area contributed by atoms with Crippen molar-refractivity contribution in [2.45, 2.75) is 65.8 Å². The summed E-state index contributed by atoms with van der Waals surface area (Å²) in [5.74, 6) is 0. The summed E-state index contributed by atoms with van der Waals surface area (Å²) in [4.78, 5) is 0. The third-order valence-corrected chi connectivity index (χ3v) is 8.85.